The Labute approximate surface area is 113 Å². The molecule has 0 unspecified atom stereocenters. The number of sulfonamides is 1. The molecule has 0 aliphatic heterocycles. The highest BCUT2D eigenvalue weighted by atomic mass is 32.2. The van der Waals surface area contributed by atoms with Gasteiger partial charge in [0, 0.05) is 6.07 Å². The van der Waals surface area contributed by atoms with Crippen molar-refractivity contribution in [2.24, 2.45) is 0 Å². The van der Waals surface area contributed by atoms with Gasteiger partial charge >= 0.3 is 0 Å². The average molecular weight is 288 g/mol. The van der Waals surface area contributed by atoms with Crippen LogP contribution in [0, 0.1) is 0 Å². The Bertz CT molecular complexity index is 514. The highest BCUT2D eigenvalue weighted by Crippen LogP contribution is 2.25. The lowest BCUT2D eigenvalue weighted by molar-refractivity contribution is 0.0913. The average Bonchev–Trinajstić information content (AvgIpc) is 2.30. The molecule has 0 saturated heterocycles. The maximum Gasteiger partial charge on any atom is 0.235 e. The minimum absolute atomic E-state index is 0.00631. The molecule has 0 heterocycles. The van der Waals surface area contributed by atoms with Crippen LogP contribution in [0.1, 0.15) is 13.8 Å². The number of hydrogen-bond acceptors (Lipinski definition) is 5. The standard InChI is InChI=1S/C12H20N2O4S/c1-9(2)18-6-7-19(15,16)14-10-4-5-11(13)12(8-10)17-3/h4-5,8-9,14H,6-7,13H2,1-3H3. The van der Waals surface area contributed by atoms with Gasteiger partial charge in [-0.3, -0.25) is 4.72 Å². The molecular formula is C12H20N2O4S. The Morgan fingerprint density at radius 1 is 1.37 bits per heavy atom. The SMILES string of the molecule is COc1cc(NS(=O)(=O)CCOC(C)C)ccc1N. The van der Waals surface area contributed by atoms with E-state index >= 15 is 0 Å². The predicted molar refractivity (Wildman–Crippen MR) is 75.9 cm³/mol. The highest BCUT2D eigenvalue weighted by molar-refractivity contribution is 7.92. The molecule has 0 aliphatic rings. The summed E-state index contributed by atoms with van der Waals surface area (Å²) in [5.74, 6) is 0.330. The van der Waals surface area contributed by atoms with Gasteiger partial charge in [-0.05, 0) is 26.0 Å². The van der Waals surface area contributed by atoms with Crippen molar-refractivity contribution >= 4 is 21.4 Å². The van der Waals surface area contributed by atoms with E-state index in [0.29, 0.717) is 17.1 Å². The number of nitrogens with one attached hydrogen (secondary N) is 1. The van der Waals surface area contributed by atoms with Gasteiger partial charge in [-0.1, -0.05) is 0 Å². The van der Waals surface area contributed by atoms with E-state index in [-0.39, 0.29) is 18.5 Å². The summed E-state index contributed by atoms with van der Waals surface area (Å²) in [6.07, 6.45) is 0.00631. The fourth-order valence-corrected chi connectivity index (χ4v) is 2.30. The first-order valence-electron chi connectivity index (χ1n) is 5.89. The van der Waals surface area contributed by atoms with E-state index < -0.39 is 10.0 Å². The summed E-state index contributed by atoms with van der Waals surface area (Å²) in [7, 11) is -1.97. The predicted octanol–water partition coefficient (Wildman–Crippen LogP) is 1.44. The quantitative estimate of drug-likeness (QED) is 0.741. The Kier molecular flexibility index (Phi) is 5.44. The molecular weight excluding hydrogens is 268 g/mol. The molecule has 1 rings (SSSR count). The van der Waals surface area contributed by atoms with Crippen molar-refractivity contribution in [3.63, 3.8) is 0 Å². The minimum Gasteiger partial charge on any atom is -0.495 e. The molecule has 0 bridgehead atoms. The number of benzene rings is 1. The first-order valence-corrected chi connectivity index (χ1v) is 7.55. The minimum atomic E-state index is -3.44. The molecule has 7 heteroatoms. The summed E-state index contributed by atoms with van der Waals surface area (Å²) in [6, 6.07) is 4.70. The van der Waals surface area contributed by atoms with Gasteiger partial charge in [0.1, 0.15) is 5.75 Å². The van der Waals surface area contributed by atoms with Crippen molar-refractivity contribution in [3.8, 4) is 5.75 Å². The summed E-state index contributed by atoms with van der Waals surface area (Å²) >= 11 is 0. The zero-order valence-electron chi connectivity index (χ0n) is 11.3. The van der Waals surface area contributed by atoms with Crippen LogP contribution in [0.25, 0.3) is 0 Å². The van der Waals surface area contributed by atoms with Gasteiger partial charge in [0.15, 0.2) is 0 Å². The first-order chi connectivity index (χ1) is 8.84. The van der Waals surface area contributed by atoms with Crippen LogP contribution in [0.4, 0.5) is 11.4 Å². The number of nitrogens with two attached hydrogens (primary N) is 1. The van der Waals surface area contributed by atoms with E-state index in [0.717, 1.165) is 0 Å². The molecule has 0 radical (unpaired) electrons. The summed E-state index contributed by atoms with van der Waals surface area (Å²) in [5, 5.41) is 0. The maximum absolute atomic E-state index is 11.8. The zero-order valence-corrected chi connectivity index (χ0v) is 12.2. The lowest BCUT2D eigenvalue weighted by atomic mass is 10.3. The summed E-state index contributed by atoms with van der Waals surface area (Å²) in [6.45, 7) is 3.86. The van der Waals surface area contributed by atoms with E-state index in [1.165, 1.54) is 13.2 Å². The van der Waals surface area contributed by atoms with Gasteiger partial charge in [0.2, 0.25) is 10.0 Å². The fraction of sp³-hybridized carbons (Fsp3) is 0.500. The van der Waals surface area contributed by atoms with Gasteiger partial charge in [-0.25, -0.2) is 8.42 Å². The third-order valence-electron chi connectivity index (χ3n) is 2.31. The molecule has 0 aliphatic carbocycles. The van der Waals surface area contributed by atoms with Crippen molar-refractivity contribution in [2.75, 3.05) is 29.9 Å². The van der Waals surface area contributed by atoms with Gasteiger partial charge in [0.05, 0.1) is 36.9 Å². The lowest BCUT2D eigenvalue weighted by Crippen LogP contribution is -2.21. The van der Waals surface area contributed by atoms with Crippen LogP contribution >= 0.6 is 0 Å². The van der Waals surface area contributed by atoms with Crippen LogP contribution in [0.5, 0.6) is 5.75 Å². The third-order valence-corrected chi connectivity index (χ3v) is 3.56. The summed E-state index contributed by atoms with van der Waals surface area (Å²) in [4.78, 5) is 0. The summed E-state index contributed by atoms with van der Waals surface area (Å²) in [5.41, 5.74) is 6.52. The molecule has 3 N–H and O–H groups in total. The lowest BCUT2D eigenvalue weighted by Gasteiger charge is -2.11. The van der Waals surface area contributed by atoms with Gasteiger partial charge in [0.25, 0.3) is 0 Å². The second-order valence-corrected chi connectivity index (χ2v) is 6.14. The largest absolute Gasteiger partial charge is 0.495 e. The molecule has 0 amide bonds. The molecule has 1 aromatic rings. The van der Waals surface area contributed by atoms with E-state index in [9.17, 15) is 8.42 Å². The van der Waals surface area contributed by atoms with Gasteiger partial charge in [-0.15, -0.1) is 0 Å². The van der Waals surface area contributed by atoms with Crippen LogP contribution in [0.2, 0.25) is 0 Å². The molecule has 0 atom stereocenters. The maximum atomic E-state index is 11.8. The molecule has 108 valence electrons. The van der Waals surface area contributed by atoms with Crippen LogP contribution in [-0.2, 0) is 14.8 Å². The number of methoxy groups -OCH3 is 1. The molecule has 0 fully saturated rings. The van der Waals surface area contributed by atoms with Crippen molar-refractivity contribution in [2.45, 2.75) is 20.0 Å². The second kappa shape index (κ2) is 6.63. The van der Waals surface area contributed by atoms with Crippen LogP contribution in [0.15, 0.2) is 18.2 Å². The molecule has 0 aromatic heterocycles. The van der Waals surface area contributed by atoms with Gasteiger partial charge < -0.3 is 15.2 Å². The Balaban J connectivity index is 2.67. The molecule has 19 heavy (non-hydrogen) atoms. The second-order valence-electron chi connectivity index (χ2n) is 4.30. The number of ether oxygens (including phenoxy) is 2. The van der Waals surface area contributed by atoms with Crippen LogP contribution in [0.3, 0.4) is 0 Å². The molecule has 6 nitrogen and oxygen atoms in total. The number of anilines is 2. The number of rotatable bonds is 7. The van der Waals surface area contributed by atoms with E-state index in [4.69, 9.17) is 15.2 Å². The first kappa shape index (κ1) is 15.6. The van der Waals surface area contributed by atoms with Crippen molar-refractivity contribution in [3.05, 3.63) is 18.2 Å². The van der Waals surface area contributed by atoms with E-state index in [1.807, 2.05) is 13.8 Å². The highest BCUT2D eigenvalue weighted by Gasteiger charge is 2.12. The molecule has 0 saturated carbocycles. The summed E-state index contributed by atoms with van der Waals surface area (Å²) < 4.78 is 36.3. The third kappa shape index (κ3) is 5.35. The van der Waals surface area contributed by atoms with E-state index in [2.05, 4.69) is 4.72 Å². The van der Waals surface area contributed by atoms with Crippen LogP contribution in [-0.4, -0.2) is 34.0 Å². The van der Waals surface area contributed by atoms with Crippen molar-refractivity contribution < 1.29 is 17.9 Å². The normalized spacial score (nSPS) is 11.6. The topological polar surface area (TPSA) is 90.6 Å². The Hall–Kier alpha value is -1.47. The van der Waals surface area contributed by atoms with Gasteiger partial charge in [-0.2, -0.15) is 0 Å². The molecule has 1 aromatic carbocycles. The zero-order chi connectivity index (χ0) is 14.5. The monoisotopic (exact) mass is 288 g/mol. The molecule has 0 spiro atoms. The Morgan fingerprint density at radius 3 is 2.63 bits per heavy atom. The van der Waals surface area contributed by atoms with Crippen molar-refractivity contribution in [1.82, 2.24) is 0 Å². The van der Waals surface area contributed by atoms with Crippen LogP contribution < -0.4 is 15.2 Å². The van der Waals surface area contributed by atoms with E-state index in [1.54, 1.807) is 12.1 Å². The van der Waals surface area contributed by atoms with Crippen molar-refractivity contribution in [1.29, 1.82) is 0 Å². The number of hydrogen-bond donors (Lipinski definition) is 2. The fourth-order valence-electron chi connectivity index (χ4n) is 1.40. The number of nitrogen functional groups attached to an aromatic ring is 1. The Morgan fingerprint density at radius 2 is 2.05 bits per heavy atom. The smallest absolute Gasteiger partial charge is 0.235 e.